The van der Waals surface area contributed by atoms with E-state index in [0.29, 0.717) is 0 Å². The molecule has 0 aliphatic carbocycles. The van der Waals surface area contributed by atoms with Crippen LogP contribution >= 0.6 is 0 Å². The van der Waals surface area contributed by atoms with Crippen molar-refractivity contribution >= 4 is 23.4 Å². The van der Waals surface area contributed by atoms with E-state index in [4.69, 9.17) is 4.74 Å². The van der Waals surface area contributed by atoms with Crippen molar-refractivity contribution in [2.45, 2.75) is 32.3 Å². The largest absolute Gasteiger partial charge is 0.490 e. The van der Waals surface area contributed by atoms with Crippen LogP contribution in [0, 0.1) is 17.6 Å². The highest BCUT2D eigenvalue weighted by atomic mass is 19.4. The van der Waals surface area contributed by atoms with Crippen molar-refractivity contribution in [3.05, 3.63) is 83.4 Å². The van der Waals surface area contributed by atoms with Gasteiger partial charge in [-0.3, -0.25) is 0 Å². The van der Waals surface area contributed by atoms with Crippen LogP contribution in [-0.4, -0.2) is 41.7 Å². The van der Waals surface area contributed by atoms with E-state index in [-0.39, 0.29) is 39.4 Å². The fourth-order valence-electron chi connectivity index (χ4n) is 3.66. The van der Waals surface area contributed by atoms with E-state index in [1.807, 2.05) is 0 Å². The Morgan fingerprint density at radius 2 is 1.71 bits per heavy atom. The van der Waals surface area contributed by atoms with Gasteiger partial charge in [0.2, 0.25) is 12.8 Å². The number of allylic oxidation sites excluding steroid dienone is 1. The molecule has 13 heteroatoms. The molecule has 0 aromatic heterocycles. The molecule has 0 aliphatic heterocycles. The molecule has 3 aromatic carbocycles. The van der Waals surface area contributed by atoms with E-state index < -0.39 is 55.5 Å². The molecule has 0 aliphatic rings. The number of ether oxygens (including phenoxy) is 1. The molecular weight excluding hydrogens is 561 g/mol. The molecule has 4 N–H and O–H groups in total. The van der Waals surface area contributed by atoms with E-state index in [0.717, 1.165) is 36.4 Å². The van der Waals surface area contributed by atoms with Crippen LogP contribution < -0.4 is 15.4 Å². The molecule has 0 saturated carbocycles. The zero-order chi connectivity index (χ0) is 30.3. The SMILES string of the molecule is CC(/C=C/c1cc(-c2cc(F)ccc2C(=O)O)cc(NC(O)Nc2ccccc2F)c1OCCC(F)(F)F)C(F)F. The number of carboxylic acid groups (broad SMARTS) is 1. The molecule has 220 valence electrons. The topological polar surface area (TPSA) is 90.8 Å². The fourth-order valence-corrected chi connectivity index (χ4v) is 3.66. The molecule has 3 aromatic rings. The Bertz CT molecular complexity index is 1400. The molecule has 0 radical (unpaired) electrons. The summed E-state index contributed by atoms with van der Waals surface area (Å²) in [6.45, 7) is 0.283. The van der Waals surface area contributed by atoms with Gasteiger partial charge in [-0.05, 0) is 53.6 Å². The molecular formula is C28H25F7N2O4. The number of benzene rings is 3. The number of carboxylic acids is 1. The number of aromatic carboxylic acids is 1. The lowest BCUT2D eigenvalue weighted by Crippen LogP contribution is -2.29. The molecule has 2 unspecified atom stereocenters. The van der Waals surface area contributed by atoms with Crippen LogP contribution in [0.4, 0.5) is 42.1 Å². The Labute approximate surface area is 230 Å². The number of hydrogen-bond donors (Lipinski definition) is 4. The summed E-state index contributed by atoms with van der Waals surface area (Å²) in [6.07, 6.45) is -8.36. The van der Waals surface area contributed by atoms with Crippen LogP contribution in [0.5, 0.6) is 5.75 Å². The first-order valence-electron chi connectivity index (χ1n) is 12.1. The Morgan fingerprint density at radius 3 is 2.34 bits per heavy atom. The Balaban J connectivity index is 2.17. The van der Waals surface area contributed by atoms with Crippen molar-refractivity contribution in [2.24, 2.45) is 5.92 Å². The van der Waals surface area contributed by atoms with Gasteiger partial charge in [-0.2, -0.15) is 13.2 Å². The number of aliphatic hydroxyl groups excluding tert-OH is 1. The maximum absolute atomic E-state index is 14.2. The maximum atomic E-state index is 14.2. The molecule has 0 heterocycles. The molecule has 0 spiro atoms. The van der Waals surface area contributed by atoms with Gasteiger partial charge < -0.3 is 25.6 Å². The third-order valence-corrected chi connectivity index (χ3v) is 5.71. The second-order valence-corrected chi connectivity index (χ2v) is 8.87. The van der Waals surface area contributed by atoms with Crippen LogP contribution in [-0.2, 0) is 0 Å². The predicted octanol–water partition coefficient (Wildman–Crippen LogP) is 7.38. The first kappa shape index (κ1) is 31.3. The normalized spacial score (nSPS) is 13.3. The van der Waals surface area contributed by atoms with E-state index in [1.165, 1.54) is 37.3 Å². The van der Waals surface area contributed by atoms with Crippen LogP contribution in [0.3, 0.4) is 0 Å². The third kappa shape index (κ3) is 8.87. The van der Waals surface area contributed by atoms with Gasteiger partial charge in [0.05, 0.1) is 30.0 Å². The van der Waals surface area contributed by atoms with Crippen LogP contribution in [0.25, 0.3) is 17.2 Å². The zero-order valence-corrected chi connectivity index (χ0v) is 21.4. The van der Waals surface area contributed by atoms with Gasteiger partial charge in [0.25, 0.3) is 0 Å². The highest BCUT2D eigenvalue weighted by Crippen LogP contribution is 2.38. The minimum atomic E-state index is -4.60. The summed E-state index contributed by atoms with van der Waals surface area (Å²) >= 11 is 0. The summed E-state index contributed by atoms with van der Waals surface area (Å²) < 4.78 is 98.6. The van der Waals surface area contributed by atoms with Crippen LogP contribution in [0.2, 0.25) is 0 Å². The number of anilines is 2. The van der Waals surface area contributed by atoms with Crippen molar-refractivity contribution in [1.82, 2.24) is 0 Å². The number of rotatable bonds is 12. The summed E-state index contributed by atoms with van der Waals surface area (Å²) in [6, 6.07) is 10.5. The van der Waals surface area contributed by atoms with Crippen molar-refractivity contribution in [1.29, 1.82) is 0 Å². The molecule has 0 fully saturated rings. The first-order chi connectivity index (χ1) is 19.2. The van der Waals surface area contributed by atoms with Crippen LogP contribution in [0.15, 0.2) is 60.7 Å². The molecule has 3 rings (SSSR count). The minimum Gasteiger partial charge on any atom is -0.490 e. The van der Waals surface area contributed by atoms with Gasteiger partial charge >= 0.3 is 12.1 Å². The average Bonchev–Trinajstić information content (AvgIpc) is 2.88. The lowest BCUT2D eigenvalue weighted by atomic mass is 9.96. The van der Waals surface area contributed by atoms with Crippen molar-refractivity contribution < 1.29 is 50.5 Å². The smallest absolute Gasteiger partial charge is 0.392 e. The summed E-state index contributed by atoms with van der Waals surface area (Å²) in [4.78, 5) is 11.8. The first-order valence-corrected chi connectivity index (χ1v) is 12.1. The summed E-state index contributed by atoms with van der Waals surface area (Å²) in [7, 11) is 0. The van der Waals surface area contributed by atoms with Gasteiger partial charge in [0, 0.05) is 11.5 Å². The van der Waals surface area contributed by atoms with Crippen molar-refractivity contribution in [2.75, 3.05) is 17.2 Å². The van der Waals surface area contributed by atoms with Gasteiger partial charge in [0.1, 0.15) is 17.4 Å². The number of halogens is 7. The summed E-state index contributed by atoms with van der Waals surface area (Å²) in [5.74, 6) is -4.59. The number of para-hydroxylation sites is 1. The van der Waals surface area contributed by atoms with Gasteiger partial charge in [-0.15, -0.1) is 0 Å². The highest BCUT2D eigenvalue weighted by Gasteiger charge is 2.28. The quantitative estimate of drug-likeness (QED) is 0.131. The minimum absolute atomic E-state index is 0.00462. The zero-order valence-electron chi connectivity index (χ0n) is 21.4. The molecule has 2 atom stereocenters. The second kappa shape index (κ2) is 13.4. The highest BCUT2D eigenvalue weighted by molar-refractivity contribution is 5.97. The lowest BCUT2D eigenvalue weighted by molar-refractivity contribution is -0.139. The number of alkyl halides is 5. The maximum Gasteiger partial charge on any atom is 0.392 e. The van der Waals surface area contributed by atoms with Crippen molar-refractivity contribution in [3.8, 4) is 16.9 Å². The average molecular weight is 587 g/mol. The fraction of sp³-hybridized carbons (Fsp3) is 0.250. The predicted molar refractivity (Wildman–Crippen MR) is 139 cm³/mol. The summed E-state index contributed by atoms with van der Waals surface area (Å²) in [5.41, 5.74) is -0.966. The second-order valence-electron chi connectivity index (χ2n) is 8.87. The van der Waals surface area contributed by atoms with Crippen molar-refractivity contribution in [3.63, 3.8) is 0 Å². The standard InChI is InChI=1S/C28H25F7N2O4/c1-15(25(31)32)6-7-16-12-17(20-14-18(29)8-9-19(20)26(38)39)13-23(24(16)41-11-10-28(33,34)35)37-27(40)36-22-5-3-2-4-21(22)30/h2-9,12-15,25,27,36-37,40H,10-11H2,1H3,(H,38,39)/b7-6+. The van der Waals surface area contributed by atoms with E-state index >= 15 is 0 Å². The summed E-state index contributed by atoms with van der Waals surface area (Å²) in [5, 5.41) is 25.1. The third-order valence-electron chi connectivity index (χ3n) is 5.71. The van der Waals surface area contributed by atoms with Crippen LogP contribution in [0.1, 0.15) is 29.3 Å². The van der Waals surface area contributed by atoms with Gasteiger partial charge in [-0.25, -0.2) is 22.4 Å². The molecule has 0 amide bonds. The van der Waals surface area contributed by atoms with Gasteiger partial charge in [0.15, 0.2) is 0 Å². The monoisotopic (exact) mass is 586 g/mol. The number of carbonyl (C=O) groups is 1. The number of hydrogen-bond acceptors (Lipinski definition) is 5. The van der Waals surface area contributed by atoms with E-state index in [1.54, 1.807) is 0 Å². The Kier molecular flexibility index (Phi) is 10.2. The van der Waals surface area contributed by atoms with Gasteiger partial charge in [-0.1, -0.05) is 31.2 Å². The Morgan fingerprint density at radius 1 is 1.02 bits per heavy atom. The van der Waals surface area contributed by atoms with E-state index in [9.17, 15) is 45.7 Å². The molecule has 6 nitrogen and oxygen atoms in total. The van der Waals surface area contributed by atoms with E-state index in [2.05, 4.69) is 10.6 Å². The Hall–Kier alpha value is -4.26. The number of aliphatic hydroxyl groups is 1. The lowest BCUT2D eigenvalue weighted by Gasteiger charge is -2.22. The molecule has 0 saturated heterocycles. The molecule has 41 heavy (non-hydrogen) atoms. The molecule has 0 bridgehead atoms. The number of nitrogens with one attached hydrogen (secondary N) is 2.